The van der Waals surface area contributed by atoms with Crippen molar-refractivity contribution in [2.24, 2.45) is 0 Å². The SMILES string of the molecule is [2H]c1cc([2H])c(N2CN(c3c(C)cc(C(C)(C)C)cc3C)c3nc([2H])c([2H])c([2H])c32)cc1Oc1cc2c(c([2H])c1[2H])c1c([2H])c([2H])c([2H])c([2H])c1n2-c1cc(C(C)(C)C)ccn1. The van der Waals surface area contributed by atoms with Gasteiger partial charge in [-0.1, -0.05) is 77.9 Å². The molecule has 0 spiro atoms. The van der Waals surface area contributed by atoms with Crippen LogP contribution in [0.1, 0.15) is 78.9 Å². The highest BCUT2D eigenvalue weighted by Gasteiger charge is 2.31. The van der Waals surface area contributed by atoms with Crippen LogP contribution in [0.2, 0.25) is 0 Å². The summed E-state index contributed by atoms with van der Waals surface area (Å²) in [7, 11) is 0. The Bertz CT molecular complexity index is 3040. The number of benzene rings is 4. The van der Waals surface area contributed by atoms with Gasteiger partial charge in [0.05, 0.1) is 37.5 Å². The molecule has 1 aliphatic rings. The van der Waals surface area contributed by atoms with E-state index in [0.29, 0.717) is 5.82 Å². The molecule has 0 saturated carbocycles. The van der Waals surface area contributed by atoms with Gasteiger partial charge in [0.25, 0.3) is 0 Å². The van der Waals surface area contributed by atoms with Crippen LogP contribution >= 0.6 is 0 Å². The summed E-state index contributed by atoms with van der Waals surface area (Å²) in [5.41, 5.74) is 4.99. The van der Waals surface area contributed by atoms with Gasteiger partial charge in [-0.2, -0.15) is 0 Å². The van der Waals surface area contributed by atoms with Crippen LogP contribution in [0, 0.1) is 13.8 Å². The largest absolute Gasteiger partial charge is 0.457 e. The predicted octanol–water partition coefficient (Wildman–Crippen LogP) is 11.8. The van der Waals surface area contributed by atoms with Crippen LogP contribution in [-0.2, 0) is 10.8 Å². The van der Waals surface area contributed by atoms with E-state index in [1.54, 1.807) is 15.7 Å². The van der Waals surface area contributed by atoms with Crippen LogP contribution in [0.15, 0.2) is 115 Å². The van der Waals surface area contributed by atoms with Crippen molar-refractivity contribution in [3.63, 3.8) is 0 Å². The zero-order valence-electron chi connectivity index (χ0n) is 41.0. The number of aromatic nitrogens is 3. The van der Waals surface area contributed by atoms with E-state index in [1.165, 1.54) is 18.2 Å². The second-order valence-electron chi connectivity index (χ2n) is 15.0. The summed E-state index contributed by atoms with van der Waals surface area (Å²) < 4.78 is 105. The van der Waals surface area contributed by atoms with Gasteiger partial charge in [0.1, 0.15) is 24.0 Å². The van der Waals surface area contributed by atoms with Crippen molar-refractivity contribution in [2.75, 3.05) is 16.5 Å². The normalized spacial score (nSPS) is 16.4. The van der Waals surface area contributed by atoms with Crippen LogP contribution < -0.4 is 14.5 Å². The lowest BCUT2D eigenvalue weighted by atomic mass is 9.84. The average molecular weight is 683 g/mol. The molecular formula is C45H45N5O. The van der Waals surface area contributed by atoms with E-state index >= 15 is 0 Å². The number of pyridine rings is 2. The molecule has 0 atom stereocenters. The monoisotopic (exact) mass is 682 g/mol. The fraction of sp³-hybridized carbons (Fsp3) is 0.244. The topological polar surface area (TPSA) is 46.4 Å². The molecule has 4 heterocycles. The second kappa shape index (κ2) is 12.0. The quantitative estimate of drug-likeness (QED) is 0.181. The Morgan fingerprint density at radius 3 is 2.18 bits per heavy atom. The zero-order chi connectivity index (χ0) is 45.2. The first-order valence-electron chi connectivity index (χ1n) is 22.4. The fourth-order valence-corrected chi connectivity index (χ4v) is 6.70. The van der Waals surface area contributed by atoms with Gasteiger partial charge in [-0.25, -0.2) is 9.97 Å². The Kier molecular flexibility index (Phi) is 5.24. The van der Waals surface area contributed by atoms with Gasteiger partial charge in [0, 0.05) is 41.0 Å². The average Bonchev–Trinajstić information content (AvgIpc) is 3.73. The minimum Gasteiger partial charge on any atom is -0.457 e. The lowest BCUT2D eigenvalue weighted by Gasteiger charge is -2.27. The van der Waals surface area contributed by atoms with Gasteiger partial charge in [-0.05, 0) is 101 Å². The Morgan fingerprint density at radius 1 is 0.686 bits per heavy atom. The highest BCUT2D eigenvalue weighted by molar-refractivity contribution is 6.09. The van der Waals surface area contributed by atoms with Gasteiger partial charge in [-0.15, -0.1) is 0 Å². The molecule has 0 N–H and O–H groups in total. The summed E-state index contributed by atoms with van der Waals surface area (Å²) in [5, 5.41) is 0.159. The smallest absolute Gasteiger partial charge is 0.158 e. The molecular weight excluding hydrogens is 627 g/mol. The van der Waals surface area contributed by atoms with Gasteiger partial charge < -0.3 is 14.5 Å². The third-order valence-corrected chi connectivity index (χ3v) is 9.32. The number of nitrogens with zero attached hydrogens (tertiary/aromatic N) is 5. The molecule has 51 heavy (non-hydrogen) atoms. The van der Waals surface area contributed by atoms with Gasteiger partial charge in [0.15, 0.2) is 5.82 Å². The lowest BCUT2D eigenvalue weighted by molar-refractivity contribution is 0.483. The Hall–Kier alpha value is -5.62. The Balaban J connectivity index is 1.31. The minimum absolute atomic E-state index is 0.0461. The first-order valence-corrected chi connectivity index (χ1v) is 16.9. The van der Waals surface area contributed by atoms with Crippen LogP contribution in [0.4, 0.5) is 22.9 Å². The molecule has 0 amide bonds. The lowest BCUT2D eigenvalue weighted by Crippen LogP contribution is -2.25. The Labute approximate surface area is 316 Å². The number of hydrogen-bond acceptors (Lipinski definition) is 5. The van der Waals surface area contributed by atoms with Gasteiger partial charge >= 0.3 is 0 Å². The van der Waals surface area contributed by atoms with Crippen LogP contribution in [0.5, 0.6) is 11.5 Å². The molecule has 4 aromatic carbocycles. The summed E-state index contributed by atoms with van der Waals surface area (Å²) in [5.74, 6) is 0.349. The molecule has 6 heteroatoms. The summed E-state index contributed by atoms with van der Waals surface area (Å²) in [6.45, 7) is 16.5. The standard InChI is InChI=1S/C45H45N5O/c1-29-23-32(45(6,7)8)24-30(2)42(29)49-28-48(39-17-12-21-47-43(39)49)33-13-11-14-34(26-33)51-35-18-19-37-36-15-9-10-16-38(36)50(40(37)27-35)41-25-31(20-22-46-41)44(3,4)5/h9-27H,28H2,1-8H3/i9D,10D,12D,13D,14D,15D,16D,17D,18D,19D,21D. The van der Waals surface area contributed by atoms with Crippen molar-refractivity contribution in [3.8, 4) is 17.3 Å². The molecule has 0 bridgehead atoms. The number of para-hydroxylation sites is 1. The number of hydrogen-bond donors (Lipinski definition) is 0. The van der Waals surface area contributed by atoms with E-state index in [4.69, 9.17) is 18.4 Å². The van der Waals surface area contributed by atoms with E-state index < -0.39 is 18.1 Å². The van der Waals surface area contributed by atoms with Crippen molar-refractivity contribution < 1.29 is 19.8 Å². The number of anilines is 4. The van der Waals surface area contributed by atoms with Gasteiger partial charge in [0.2, 0.25) is 0 Å². The minimum atomic E-state index is -0.483. The predicted molar refractivity (Wildman–Crippen MR) is 212 cm³/mol. The maximum absolute atomic E-state index is 9.27. The summed E-state index contributed by atoms with van der Waals surface area (Å²) in [6, 6.07) is 8.68. The van der Waals surface area contributed by atoms with Crippen LogP contribution in [0.3, 0.4) is 0 Å². The maximum Gasteiger partial charge on any atom is 0.158 e. The van der Waals surface area contributed by atoms with Gasteiger partial charge in [-0.3, -0.25) is 4.57 Å². The number of rotatable bonds is 5. The second-order valence-corrected chi connectivity index (χ2v) is 15.0. The van der Waals surface area contributed by atoms with Crippen molar-refractivity contribution in [1.29, 1.82) is 0 Å². The molecule has 0 saturated heterocycles. The Morgan fingerprint density at radius 2 is 1.41 bits per heavy atom. The fourth-order valence-electron chi connectivity index (χ4n) is 6.70. The molecule has 0 fully saturated rings. The summed E-state index contributed by atoms with van der Waals surface area (Å²) in [4.78, 5) is 12.6. The molecule has 1 aliphatic heterocycles. The molecule has 0 aliphatic carbocycles. The van der Waals surface area contributed by atoms with Crippen molar-refractivity contribution in [1.82, 2.24) is 14.5 Å². The number of ether oxygens (including phenoxy) is 1. The van der Waals surface area contributed by atoms with E-state index in [0.717, 1.165) is 27.9 Å². The van der Waals surface area contributed by atoms with Crippen LogP contribution in [0.25, 0.3) is 27.6 Å². The van der Waals surface area contributed by atoms with Crippen molar-refractivity contribution in [2.45, 2.75) is 66.2 Å². The van der Waals surface area contributed by atoms with E-state index in [-0.39, 0.29) is 116 Å². The first kappa shape index (κ1) is 22.3. The molecule has 3 aromatic heterocycles. The van der Waals surface area contributed by atoms with E-state index in [1.807, 2.05) is 51.7 Å². The molecule has 0 radical (unpaired) electrons. The zero-order valence-corrected chi connectivity index (χ0v) is 30.0. The maximum atomic E-state index is 9.27. The third kappa shape index (κ3) is 5.79. The summed E-state index contributed by atoms with van der Waals surface area (Å²) >= 11 is 0. The van der Waals surface area contributed by atoms with Crippen LogP contribution in [-0.4, -0.2) is 21.2 Å². The van der Waals surface area contributed by atoms with E-state index in [9.17, 15) is 1.37 Å². The first-order chi connectivity index (χ1) is 28.9. The van der Waals surface area contributed by atoms with E-state index in [2.05, 4.69) is 42.9 Å². The molecule has 6 nitrogen and oxygen atoms in total. The number of aryl methyl sites for hydroxylation is 2. The summed E-state index contributed by atoms with van der Waals surface area (Å²) in [6.07, 6.45) is 1.25. The highest BCUT2D eigenvalue weighted by Crippen LogP contribution is 2.46. The molecule has 8 rings (SSSR count). The molecule has 256 valence electrons. The van der Waals surface area contributed by atoms with Crippen molar-refractivity contribution >= 4 is 44.7 Å². The number of fused-ring (bicyclic) bond motifs is 4. The molecule has 0 unspecified atom stereocenters. The van der Waals surface area contributed by atoms with Crippen molar-refractivity contribution in [3.05, 3.63) is 138 Å². The third-order valence-electron chi connectivity index (χ3n) is 9.32. The molecule has 7 aromatic rings. The highest BCUT2D eigenvalue weighted by atomic mass is 16.5.